The maximum Gasteiger partial charge on any atom is 0.191 e. The van der Waals surface area contributed by atoms with E-state index in [9.17, 15) is 0 Å². The molecule has 6 nitrogen and oxygen atoms in total. The molecule has 0 radical (unpaired) electrons. The third-order valence-corrected chi connectivity index (χ3v) is 3.42. The van der Waals surface area contributed by atoms with Crippen LogP contribution in [0.3, 0.4) is 0 Å². The van der Waals surface area contributed by atoms with Gasteiger partial charge in [-0.1, -0.05) is 0 Å². The van der Waals surface area contributed by atoms with E-state index in [1.54, 1.807) is 7.11 Å². The van der Waals surface area contributed by atoms with Gasteiger partial charge in [-0.2, -0.15) is 0 Å². The summed E-state index contributed by atoms with van der Waals surface area (Å²) in [5, 5.41) is 6.66. The standard InChI is InChI=1S/C15H32N4O2/c1-3-16-15(18-8-6-12-20-2)17-7-4-5-9-19-10-13-21-14-11-19/h3-14H2,1-2H3,(H2,16,17,18). The fraction of sp³-hybridized carbons (Fsp3) is 0.933. The Morgan fingerprint density at radius 1 is 1.19 bits per heavy atom. The zero-order valence-corrected chi connectivity index (χ0v) is 13.7. The first-order chi connectivity index (χ1) is 10.4. The fourth-order valence-corrected chi connectivity index (χ4v) is 2.23. The number of morpholine rings is 1. The van der Waals surface area contributed by atoms with E-state index in [0.717, 1.165) is 64.9 Å². The van der Waals surface area contributed by atoms with Crippen molar-refractivity contribution in [2.75, 3.05) is 66.2 Å². The van der Waals surface area contributed by atoms with Crippen molar-refractivity contribution < 1.29 is 9.47 Å². The lowest BCUT2D eigenvalue weighted by Crippen LogP contribution is -2.39. The van der Waals surface area contributed by atoms with E-state index in [4.69, 9.17) is 9.47 Å². The number of aliphatic imine (C=N–C) groups is 1. The molecule has 6 heteroatoms. The molecular formula is C15H32N4O2. The van der Waals surface area contributed by atoms with Gasteiger partial charge in [-0.05, 0) is 32.7 Å². The number of nitrogens with zero attached hydrogens (tertiary/aromatic N) is 2. The molecule has 0 atom stereocenters. The Morgan fingerprint density at radius 2 is 2.00 bits per heavy atom. The molecule has 0 unspecified atom stereocenters. The van der Waals surface area contributed by atoms with Crippen molar-refractivity contribution in [3.05, 3.63) is 0 Å². The van der Waals surface area contributed by atoms with E-state index < -0.39 is 0 Å². The van der Waals surface area contributed by atoms with Crippen molar-refractivity contribution in [1.82, 2.24) is 15.5 Å². The molecule has 0 aliphatic carbocycles. The summed E-state index contributed by atoms with van der Waals surface area (Å²) in [4.78, 5) is 7.01. The molecule has 0 amide bonds. The SMILES string of the molecule is CCNC(=NCCCOC)NCCCCN1CCOCC1. The lowest BCUT2D eigenvalue weighted by molar-refractivity contribution is 0.0372. The van der Waals surface area contributed by atoms with Crippen LogP contribution < -0.4 is 10.6 Å². The van der Waals surface area contributed by atoms with Gasteiger partial charge in [0.2, 0.25) is 0 Å². The van der Waals surface area contributed by atoms with Gasteiger partial charge in [0.05, 0.1) is 13.2 Å². The number of hydrogen-bond donors (Lipinski definition) is 2. The molecular weight excluding hydrogens is 268 g/mol. The number of rotatable bonds is 10. The normalized spacial score (nSPS) is 17.0. The molecule has 0 aromatic carbocycles. The minimum Gasteiger partial charge on any atom is -0.385 e. The molecule has 1 saturated heterocycles. The second kappa shape index (κ2) is 12.9. The van der Waals surface area contributed by atoms with Crippen LogP contribution in [-0.4, -0.2) is 77.1 Å². The molecule has 0 saturated carbocycles. The minimum absolute atomic E-state index is 0.766. The van der Waals surface area contributed by atoms with E-state index in [1.807, 2.05) is 0 Å². The molecule has 1 fully saturated rings. The number of guanidine groups is 1. The molecule has 1 aliphatic rings. The highest BCUT2D eigenvalue weighted by Gasteiger charge is 2.08. The second-order valence-electron chi connectivity index (χ2n) is 5.19. The van der Waals surface area contributed by atoms with Gasteiger partial charge in [-0.3, -0.25) is 9.89 Å². The Hall–Kier alpha value is -0.850. The fourth-order valence-electron chi connectivity index (χ4n) is 2.23. The van der Waals surface area contributed by atoms with Crippen LogP contribution in [0.4, 0.5) is 0 Å². The third-order valence-electron chi connectivity index (χ3n) is 3.42. The molecule has 124 valence electrons. The van der Waals surface area contributed by atoms with Crippen molar-refractivity contribution in [2.45, 2.75) is 26.2 Å². The van der Waals surface area contributed by atoms with Crippen molar-refractivity contribution >= 4 is 5.96 Å². The number of ether oxygens (including phenoxy) is 2. The Labute approximate surface area is 129 Å². The zero-order valence-electron chi connectivity index (χ0n) is 13.7. The number of unbranched alkanes of at least 4 members (excludes halogenated alkanes) is 1. The van der Waals surface area contributed by atoms with Crippen molar-refractivity contribution in [3.63, 3.8) is 0 Å². The summed E-state index contributed by atoms with van der Waals surface area (Å²) in [6, 6.07) is 0. The summed E-state index contributed by atoms with van der Waals surface area (Å²) in [5.41, 5.74) is 0. The highest BCUT2D eigenvalue weighted by atomic mass is 16.5. The molecule has 0 aromatic heterocycles. The Balaban J connectivity index is 2.05. The summed E-state index contributed by atoms with van der Waals surface area (Å²) in [5.74, 6) is 0.917. The van der Waals surface area contributed by atoms with Crippen LogP contribution >= 0.6 is 0 Å². The zero-order chi connectivity index (χ0) is 15.2. The van der Waals surface area contributed by atoms with E-state index in [2.05, 4.69) is 27.4 Å². The highest BCUT2D eigenvalue weighted by Crippen LogP contribution is 1.99. The Morgan fingerprint density at radius 3 is 2.71 bits per heavy atom. The molecule has 1 heterocycles. The van der Waals surface area contributed by atoms with Gasteiger partial charge in [0, 0.05) is 46.4 Å². The van der Waals surface area contributed by atoms with Gasteiger partial charge in [0.25, 0.3) is 0 Å². The van der Waals surface area contributed by atoms with Crippen LogP contribution in [0.15, 0.2) is 4.99 Å². The number of methoxy groups -OCH3 is 1. The Kier molecular flexibility index (Phi) is 11.1. The summed E-state index contributed by atoms with van der Waals surface area (Å²) >= 11 is 0. The van der Waals surface area contributed by atoms with Crippen LogP contribution in [0, 0.1) is 0 Å². The number of hydrogen-bond acceptors (Lipinski definition) is 4. The topological polar surface area (TPSA) is 58.1 Å². The number of nitrogens with one attached hydrogen (secondary N) is 2. The monoisotopic (exact) mass is 300 g/mol. The van der Waals surface area contributed by atoms with Crippen molar-refractivity contribution in [1.29, 1.82) is 0 Å². The predicted octanol–water partition coefficient (Wildman–Crippen LogP) is 0.690. The smallest absolute Gasteiger partial charge is 0.191 e. The van der Waals surface area contributed by atoms with Crippen LogP contribution in [0.25, 0.3) is 0 Å². The Bertz CT molecular complexity index is 268. The minimum atomic E-state index is 0.766. The molecule has 2 N–H and O–H groups in total. The quantitative estimate of drug-likeness (QED) is 0.353. The predicted molar refractivity (Wildman–Crippen MR) is 87.0 cm³/mol. The first-order valence-electron chi connectivity index (χ1n) is 8.18. The first-order valence-corrected chi connectivity index (χ1v) is 8.18. The van der Waals surface area contributed by atoms with Gasteiger partial charge in [-0.15, -0.1) is 0 Å². The van der Waals surface area contributed by atoms with Gasteiger partial charge in [-0.25, -0.2) is 0 Å². The summed E-state index contributed by atoms with van der Waals surface area (Å²) in [6.07, 6.45) is 3.35. The maximum absolute atomic E-state index is 5.35. The van der Waals surface area contributed by atoms with E-state index in [0.29, 0.717) is 0 Å². The van der Waals surface area contributed by atoms with Crippen LogP contribution in [-0.2, 0) is 9.47 Å². The van der Waals surface area contributed by atoms with E-state index in [1.165, 1.54) is 19.4 Å². The van der Waals surface area contributed by atoms with Gasteiger partial charge in [0.1, 0.15) is 0 Å². The summed E-state index contributed by atoms with van der Waals surface area (Å²) < 4.78 is 10.4. The molecule has 0 aromatic rings. The van der Waals surface area contributed by atoms with E-state index in [-0.39, 0.29) is 0 Å². The van der Waals surface area contributed by atoms with Crippen molar-refractivity contribution in [2.24, 2.45) is 4.99 Å². The maximum atomic E-state index is 5.35. The van der Waals surface area contributed by atoms with Gasteiger partial charge < -0.3 is 20.1 Å². The largest absolute Gasteiger partial charge is 0.385 e. The second-order valence-corrected chi connectivity index (χ2v) is 5.19. The van der Waals surface area contributed by atoms with Crippen LogP contribution in [0.1, 0.15) is 26.2 Å². The molecule has 0 spiro atoms. The molecule has 1 rings (SSSR count). The first kappa shape index (κ1) is 18.2. The average Bonchev–Trinajstić information content (AvgIpc) is 2.52. The van der Waals surface area contributed by atoms with Gasteiger partial charge in [0.15, 0.2) is 5.96 Å². The van der Waals surface area contributed by atoms with Crippen molar-refractivity contribution in [3.8, 4) is 0 Å². The van der Waals surface area contributed by atoms with E-state index >= 15 is 0 Å². The summed E-state index contributed by atoms with van der Waals surface area (Å²) in [7, 11) is 1.72. The lowest BCUT2D eigenvalue weighted by atomic mass is 10.3. The summed E-state index contributed by atoms with van der Waals surface area (Å²) in [6.45, 7) is 10.6. The van der Waals surface area contributed by atoms with Crippen LogP contribution in [0.5, 0.6) is 0 Å². The molecule has 1 aliphatic heterocycles. The van der Waals surface area contributed by atoms with Gasteiger partial charge >= 0.3 is 0 Å². The highest BCUT2D eigenvalue weighted by molar-refractivity contribution is 5.79. The average molecular weight is 300 g/mol. The van der Waals surface area contributed by atoms with Crippen LogP contribution in [0.2, 0.25) is 0 Å². The molecule has 0 bridgehead atoms. The molecule has 21 heavy (non-hydrogen) atoms. The third kappa shape index (κ3) is 9.66. The lowest BCUT2D eigenvalue weighted by Gasteiger charge is -2.26.